The van der Waals surface area contributed by atoms with E-state index in [4.69, 9.17) is 0 Å². The quantitative estimate of drug-likeness (QED) is 0.722. The van der Waals surface area contributed by atoms with Gasteiger partial charge in [0, 0.05) is 17.1 Å². The van der Waals surface area contributed by atoms with Gasteiger partial charge in [0.1, 0.15) is 0 Å². The molecule has 0 aliphatic rings. The standard InChI is InChI=1S/C13H18F3NS/c1-3-6-10(2)9-17-11-7-4-5-8-12(11)18-13(14,15)16/h4-5,7-8,10,17H,3,6,9H2,1-2H3. The van der Waals surface area contributed by atoms with Gasteiger partial charge in [-0.05, 0) is 36.2 Å². The maximum atomic E-state index is 12.4. The SMILES string of the molecule is CCCC(C)CNc1ccccc1SC(F)(F)F. The smallest absolute Gasteiger partial charge is 0.384 e. The van der Waals surface area contributed by atoms with Crippen molar-refractivity contribution >= 4 is 17.4 Å². The second kappa shape index (κ2) is 6.92. The largest absolute Gasteiger partial charge is 0.446 e. The lowest BCUT2D eigenvalue weighted by molar-refractivity contribution is -0.0327. The summed E-state index contributed by atoms with van der Waals surface area (Å²) in [5.74, 6) is 0.457. The molecule has 0 fully saturated rings. The first kappa shape index (κ1) is 15.2. The molecule has 102 valence electrons. The number of alkyl halides is 3. The summed E-state index contributed by atoms with van der Waals surface area (Å²) in [4.78, 5) is 0.230. The number of benzene rings is 1. The van der Waals surface area contributed by atoms with Gasteiger partial charge in [0.25, 0.3) is 0 Å². The van der Waals surface area contributed by atoms with E-state index in [9.17, 15) is 13.2 Å². The molecule has 1 atom stereocenters. The van der Waals surface area contributed by atoms with Crippen LogP contribution in [0.4, 0.5) is 18.9 Å². The first-order chi connectivity index (χ1) is 8.42. The predicted octanol–water partition coefficient (Wildman–Crippen LogP) is 5.15. The van der Waals surface area contributed by atoms with Crippen LogP contribution >= 0.6 is 11.8 Å². The normalized spacial score (nSPS) is 13.4. The van der Waals surface area contributed by atoms with Crippen molar-refractivity contribution in [2.75, 3.05) is 11.9 Å². The first-order valence-corrected chi connectivity index (χ1v) is 6.82. The van der Waals surface area contributed by atoms with Crippen LogP contribution < -0.4 is 5.32 Å². The molecule has 0 aromatic heterocycles. The molecule has 0 radical (unpaired) electrons. The molecular weight excluding hydrogens is 259 g/mol. The lowest BCUT2D eigenvalue weighted by Crippen LogP contribution is -2.12. The Kier molecular flexibility index (Phi) is 5.85. The molecular formula is C13H18F3NS. The number of halogens is 3. The summed E-state index contributed by atoms with van der Waals surface area (Å²) in [6.07, 6.45) is 2.16. The highest BCUT2D eigenvalue weighted by Gasteiger charge is 2.30. The van der Waals surface area contributed by atoms with E-state index < -0.39 is 5.51 Å². The monoisotopic (exact) mass is 277 g/mol. The molecule has 1 rings (SSSR count). The van der Waals surface area contributed by atoms with E-state index in [0.717, 1.165) is 12.8 Å². The number of hydrogen-bond acceptors (Lipinski definition) is 2. The molecule has 1 unspecified atom stereocenters. The molecule has 0 aliphatic heterocycles. The van der Waals surface area contributed by atoms with Gasteiger partial charge >= 0.3 is 5.51 Å². The maximum Gasteiger partial charge on any atom is 0.446 e. The van der Waals surface area contributed by atoms with Crippen LogP contribution in [-0.4, -0.2) is 12.1 Å². The number of nitrogens with one attached hydrogen (secondary N) is 1. The lowest BCUT2D eigenvalue weighted by Gasteiger charge is -2.16. The Bertz CT molecular complexity index is 365. The molecule has 5 heteroatoms. The van der Waals surface area contributed by atoms with E-state index in [0.29, 0.717) is 18.2 Å². The molecule has 1 aromatic rings. The maximum absolute atomic E-state index is 12.4. The molecule has 0 bridgehead atoms. The zero-order valence-corrected chi connectivity index (χ0v) is 11.4. The fourth-order valence-electron chi connectivity index (χ4n) is 1.71. The average molecular weight is 277 g/mol. The average Bonchev–Trinajstić information content (AvgIpc) is 2.26. The van der Waals surface area contributed by atoms with Crippen molar-refractivity contribution in [2.45, 2.75) is 37.1 Å². The summed E-state index contributed by atoms with van der Waals surface area (Å²) < 4.78 is 37.1. The summed E-state index contributed by atoms with van der Waals surface area (Å²) in [5.41, 5.74) is -3.69. The number of para-hydroxylation sites is 1. The fraction of sp³-hybridized carbons (Fsp3) is 0.538. The molecule has 0 saturated carbocycles. The molecule has 1 aromatic carbocycles. The Hall–Kier alpha value is -0.840. The van der Waals surface area contributed by atoms with Crippen molar-refractivity contribution in [1.29, 1.82) is 0 Å². The van der Waals surface area contributed by atoms with Gasteiger partial charge < -0.3 is 5.32 Å². The van der Waals surface area contributed by atoms with Gasteiger partial charge in [-0.25, -0.2) is 0 Å². The minimum Gasteiger partial charge on any atom is -0.384 e. The molecule has 0 amide bonds. The summed E-state index contributed by atoms with van der Waals surface area (Å²) in [6.45, 7) is 4.89. The van der Waals surface area contributed by atoms with Crippen LogP contribution in [-0.2, 0) is 0 Å². The fourth-order valence-corrected chi connectivity index (χ4v) is 2.35. The highest BCUT2D eigenvalue weighted by molar-refractivity contribution is 8.00. The van der Waals surface area contributed by atoms with Crippen molar-refractivity contribution in [3.8, 4) is 0 Å². The molecule has 0 spiro atoms. The Balaban J connectivity index is 2.65. The van der Waals surface area contributed by atoms with Crippen molar-refractivity contribution < 1.29 is 13.2 Å². The van der Waals surface area contributed by atoms with E-state index >= 15 is 0 Å². The van der Waals surface area contributed by atoms with Crippen LogP contribution in [0.2, 0.25) is 0 Å². The molecule has 1 nitrogen and oxygen atoms in total. The predicted molar refractivity (Wildman–Crippen MR) is 70.9 cm³/mol. The van der Waals surface area contributed by atoms with Gasteiger partial charge in [0.2, 0.25) is 0 Å². The van der Waals surface area contributed by atoms with E-state index in [1.165, 1.54) is 6.07 Å². The minimum atomic E-state index is -4.24. The first-order valence-electron chi connectivity index (χ1n) is 6.01. The number of thioether (sulfide) groups is 1. The van der Waals surface area contributed by atoms with Gasteiger partial charge in [0.05, 0.1) is 0 Å². The molecule has 1 N–H and O–H groups in total. The van der Waals surface area contributed by atoms with Gasteiger partial charge in [-0.15, -0.1) is 0 Å². The Labute approximate surface area is 110 Å². The van der Waals surface area contributed by atoms with Gasteiger partial charge in [-0.1, -0.05) is 32.4 Å². The number of anilines is 1. The van der Waals surface area contributed by atoms with E-state index in [1.807, 2.05) is 0 Å². The Morgan fingerprint density at radius 2 is 1.94 bits per heavy atom. The van der Waals surface area contributed by atoms with Crippen molar-refractivity contribution in [2.24, 2.45) is 5.92 Å². The van der Waals surface area contributed by atoms with Crippen LogP contribution in [0.25, 0.3) is 0 Å². The van der Waals surface area contributed by atoms with Crippen LogP contribution in [0.15, 0.2) is 29.2 Å². The highest BCUT2D eigenvalue weighted by Crippen LogP contribution is 2.40. The van der Waals surface area contributed by atoms with Crippen molar-refractivity contribution in [1.82, 2.24) is 0 Å². The zero-order valence-electron chi connectivity index (χ0n) is 10.6. The lowest BCUT2D eigenvalue weighted by atomic mass is 10.1. The molecule has 0 aliphatic carbocycles. The Morgan fingerprint density at radius 3 is 2.56 bits per heavy atom. The highest BCUT2D eigenvalue weighted by atomic mass is 32.2. The third-order valence-corrected chi connectivity index (χ3v) is 3.34. The van der Waals surface area contributed by atoms with Crippen molar-refractivity contribution in [3.05, 3.63) is 24.3 Å². The van der Waals surface area contributed by atoms with Gasteiger partial charge in [-0.3, -0.25) is 0 Å². The topological polar surface area (TPSA) is 12.0 Å². The zero-order chi connectivity index (χ0) is 13.6. The minimum absolute atomic E-state index is 0.0701. The second-order valence-corrected chi connectivity index (χ2v) is 5.43. The third-order valence-electron chi connectivity index (χ3n) is 2.54. The second-order valence-electron chi connectivity index (χ2n) is 4.32. The van der Waals surface area contributed by atoms with E-state index in [2.05, 4.69) is 19.2 Å². The molecule has 18 heavy (non-hydrogen) atoms. The third kappa shape index (κ3) is 5.67. The van der Waals surface area contributed by atoms with Gasteiger partial charge in [0.15, 0.2) is 0 Å². The van der Waals surface area contributed by atoms with Crippen LogP contribution in [0.1, 0.15) is 26.7 Å². The number of rotatable bonds is 6. The van der Waals surface area contributed by atoms with Crippen LogP contribution in [0.5, 0.6) is 0 Å². The summed E-state index contributed by atoms with van der Waals surface area (Å²) in [6, 6.07) is 6.54. The summed E-state index contributed by atoms with van der Waals surface area (Å²) >= 11 is -0.0701. The van der Waals surface area contributed by atoms with Crippen LogP contribution in [0.3, 0.4) is 0 Å². The Morgan fingerprint density at radius 1 is 1.28 bits per heavy atom. The van der Waals surface area contributed by atoms with Gasteiger partial charge in [-0.2, -0.15) is 13.2 Å². The van der Waals surface area contributed by atoms with Crippen LogP contribution in [0, 0.1) is 5.92 Å². The summed E-state index contributed by atoms with van der Waals surface area (Å²) in [5, 5.41) is 3.10. The van der Waals surface area contributed by atoms with E-state index in [1.54, 1.807) is 18.2 Å². The molecule has 0 heterocycles. The number of hydrogen-bond donors (Lipinski definition) is 1. The molecule has 0 saturated heterocycles. The van der Waals surface area contributed by atoms with E-state index in [-0.39, 0.29) is 16.7 Å². The van der Waals surface area contributed by atoms with Crippen molar-refractivity contribution in [3.63, 3.8) is 0 Å². The summed E-state index contributed by atoms with van der Waals surface area (Å²) in [7, 11) is 0.